The van der Waals surface area contributed by atoms with E-state index >= 15 is 0 Å². The van der Waals surface area contributed by atoms with E-state index in [-0.39, 0.29) is 12.6 Å². The average Bonchev–Trinajstić information content (AvgIpc) is 2.25. The molecule has 1 rings (SSSR count). The van der Waals surface area contributed by atoms with Gasteiger partial charge in [-0.25, -0.2) is 4.79 Å². The van der Waals surface area contributed by atoms with Crippen LogP contribution in [0.3, 0.4) is 0 Å². The highest BCUT2D eigenvalue weighted by Crippen LogP contribution is 2.00. The summed E-state index contributed by atoms with van der Waals surface area (Å²) in [7, 11) is 0. The molecule has 74 valence electrons. The predicted molar refractivity (Wildman–Crippen MR) is 51.6 cm³/mol. The van der Waals surface area contributed by atoms with Crippen LogP contribution in [0.4, 0.5) is 0 Å². The van der Waals surface area contributed by atoms with Gasteiger partial charge in [0.1, 0.15) is 0 Å². The molecule has 0 aliphatic heterocycles. The molecule has 0 fully saturated rings. The Labute approximate surface area is 81.8 Å². The Bertz CT molecular complexity index is 308. The van der Waals surface area contributed by atoms with Gasteiger partial charge in [0.15, 0.2) is 0 Å². The van der Waals surface area contributed by atoms with E-state index in [9.17, 15) is 4.79 Å². The fraction of sp³-hybridized carbons (Fsp3) is 0.200. The maximum atomic E-state index is 11.3. The molecule has 14 heavy (non-hydrogen) atoms. The molecule has 0 amide bonds. The van der Waals surface area contributed by atoms with Crippen LogP contribution >= 0.6 is 0 Å². The van der Waals surface area contributed by atoms with Crippen molar-refractivity contribution in [3.8, 4) is 0 Å². The molecule has 0 saturated heterocycles. The van der Waals surface area contributed by atoms with Crippen LogP contribution in [-0.2, 0) is 4.74 Å². The molecule has 4 nitrogen and oxygen atoms in total. The Morgan fingerprint density at radius 1 is 1.43 bits per heavy atom. The van der Waals surface area contributed by atoms with E-state index in [1.165, 1.54) is 6.21 Å². The van der Waals surface area contributed by atoms with Crippen LogP contribution in [0, 0.1) is 0 Å². The van der Waals surface area contributed by atoms with Gasteiger partial charge in [0.05, 0.1) is 12.2 Å². The Morgan fingerprint density at radius 2 is 2.14 bits per heavy atom. The molecule has 4 heteroatoms. The molecular weight excluding hydrogens is 182 g/mol. The third kappa shape index (κ3) is 3.26. The van der Waals surface area contributed by atoms with Gasteiger partial charge in [0, 0.05) is 12.6 Å². The van der Waals surface area contributed by atoms with Crippen molar-refractivity contribution in [1.82, 2.24) is 0 Å². The maximum absolute atomic E-state index is 11.3. The van der Waals surface area contributed by atoms with Crippen molar-refractivity contribution in [2.45, 2.75) is 6.42 Å². The first-order valence-corrected chi connectivity index (χ1v) is 4.22. The van der Waals surface area contributed by atoms with Crippen LogP contribution < -0.4 is 0 Å². The minimum Gasteiger partial charge on any atom is -0.462 e. The van der Waals surface area contributed by atoms with Gasteiger partial charge in [-0.3, -0.25) is 0 Å². The zero-order valence-electron chi connectivity index (χ0n) is 7.59. The van der Waals surface area contributed by atoms with Gasteiger partial charge in [0.2, 0.25) is 0 Å². The number of ether oxygens (including phenoxy) is 1. The molecule has 0 heterocycles. The van der Waals surface area contributed by atoms with Crippen LogP contribution in [-0.4, -0.2) is 24.0 Å². The van der Waals surface area contributed by atoms with Crippen LogP contribution in [0.1, 0.15) is 16.8 Å². The molecular formula is C10H11NO3. The van der Waals surface area contributed by atoms with Gasteiger partial charge in [-0.2, -0.15) is 0 Å². The molecule has 0 atom stereocenters. The second-order valence-electron chi connectivity index (χ2n) is 2.59. The summed E-state index contributed by atoms with van der Waals surface area (Å²) in [5.41, 5.74) is 0.522. The third-order valence-electron chi connectivity index (χ3n) is 1.57. The highest BCUT2D eigenvalue weighted by molar-refractivity contribution is 5.89. The number of benzene rings is 1. The van der Waals surface area contributed by atoms with E-state index in [1.807, 2.05) is 6.07 Å². The maximum Gasteiger partial charge on any atom is 0.338 e. The quantitative estimate of drug-likeness (QED) is 0.260. The molecule has 0 unspecified atom stereocenters. The smallest absolute Gasteiger partial charge is 0.338 e. The zero-order chi connectivity index (χ0) is 10.2. The lowest BCUT2D eigenvalue weighted by Crippen LogP contribution is -2.06. The standard InChI is InChI=1S/C10H11NO3/c12-10(14-8-4-7-11-13)9-5-2-1-3-6-9/h1-3,5-7,13H,4,8H2. The van der Waals surface area contributed by atoms with E-state index in [2.05, 4.69) is 5.16 Å². The van der Waals surface area contributed by atoms with Crippen molar-refractivity contribution >= 4 is 12.2 Å². The fourth-order valence-electron chi connectivity index (χ4n) is 0.920. The molecule has 0 aliphatic carbocycles. The lowest BCUT2D eigenvalue weighted by atomic mass is 10.2. The normalized spacial score (nSPS) is 10.3. The van der Waals surface area contributed by atoms with Gasteiger partial charge in [-0.1, -0.05) is 18.2 Å². The Kier molecular flexibility index (Phi) is 4.20. The highest BCUT2D eigenvalue weighted by atomic mass is 16.5. The molecule has 0 saturated carbocycles. The van der Waals surface area contributed by atoms with Crippen molar-refractivity contribution in [2.75, 3.05) is 6.61 Å². The highest BCUT2D eigenvalue weighted by Gasteiger charge is 2.03. The summed E-state index contributed by atoms with van der Waals surface area (Å²) in [5.74, 6) is -0.364. The molecule has 0 radical (unpaired) electrons. The summed E-state index contributed by atoms with van der Waals surface area (Å²) in [6, 6.07) is 8.73. The number of carbonyl (C=O) groups is 1. The Morgan fingerprint density at radius 3 is 2.79 bits per heavy atom. The lowest BCUT2D eigenvalue weighted by Gasteiger charge is -2.01. The van der Waals surface area contributed by atoms with E-state index < -0.39 is 0 Å². The fourth-order valence-corrected chi connectivity index (χ4v) is 0.920. The summed E-state index contributed by atoms with van der Waals surface area (Å²) in [6.45, 7) is 0.220. The lowest BCUT2D eigenvalue weighted by molar-refractivity contribution is 0.0516. The molecule has 1 N–H and O–H groups in total. The number of hydrogen-bond donors (Lipinski definition) is 1. The van der Waals surface area contributed by atoms with E-state index in [0.717, 1.165) is 0 Å². The zero-order valence-corrected chi connectivity index (χ0v) is 7.59. The summed E-state index contributed by atoms with van der Waals surface area (Å²) in [5, 5.41) is 10.9. The summed E-state index contributed by atoms with van der Waals surface area (Å²) in [6.07, 6.45) is 1.69. The Balaban J connectivity index is 2.36. The topological polar surface area (TPSA) is 58.9 Å². The third-order valence-corrected chi connectivity index (χ3v) is 1.57. The van der Waals surface area contributed by atoms with Crippen molar-refractivity contribution in [2.24, 2.45) is 5.16 Å². The molecule has 0 aromatic heterocycles. The van der Waals surface area contributed by atoms with Gasteiger partial charge < -0.3 is 9.94 Å². The van der Waals surface area contributed by atoms with Gasteiger partial charge in [0.25, 0.3) is 0 Å². The number of carbonyl (C=O) groups excluding carboxylic acids is 1. The van der Waals surface area contributed by atoms with E-state index in [1.54, 1.807) is 24.3 Å². The number of nitrogens with zero attached hydrogens (tertiary/aromatic N) is 1. The van der Waals surface area contributed by atoms with Crippen molar-refractivity contribution < 1.29 is 14.7 Å². The second-order valence-corrected chi connectivity index (χ2v) is 2.59. The number of hydrogen-bond acceptors (Lipinski definition) is 4. The van der Waals surface area contributed by atoms with Crippen LogP contribution in [0.2, 0.25) is 0 Å². The summed E-state index contributed by atoms with van der Waals surface area (Å²) >= 11 is 0. The van der Waals surface area contributed by atoms with E-state index in [0.29, 0.717) is 12.0 Å². The summed E-state index contributed by atoms with van der Waals surface area (Å²) < 4.78 is 4.89. The monoisotopic (exact) mass is 193 g/mol. The Hall–Kier alpha value is -1.84. The molecule has 1 aromatic carbocycles. The number of oxime groups is 1. The molecule has 0 spiro atoms. The molecule has 0 aliphatic rings. The average molecular weight is 193 g/mol. The molecule has 1 aromatic rings. The summed E-state index contributed by atoms with van der Waals surface area (Å²) in [4.78, 5) is 11.3. The van der Waals surface area contributed by atoms with Crippen molar-refractivity contribution in [3.63, 3.8) is 0 Å². The van der Waals surface area contributed by atoms with Crippen LogP contribution in [0.15, 0.2) is 35.5 Å². The molecule has 0 bridgehead atoms. The number of esters is 1. The first-order valence-electron chi connectivity index (χ1n) is 4.22. The van der Waals surface area contributed by atoms with Gasteiger partial charge in [-0.15, -0.1) is 5.16 Å². The van der Waals surface area contributed by atoms with Crippen LogP contribution in [0.25, 0.3) is 0 Å². The van der Waals surface area contributed by atoms with Crippen LogP contribution in [0.5, 0.6) is 0 Å². The minimum atomic E-state index is -0.364. The SMILES string of the molecule is O=C(OCCC=NO)c1ccccc1. The minimum absolute atomic E-state index is 0.220. The predicted octanol–water partition coefficient (Wildman–Crippen LogP) is 1.69. The number of rotatable bonds is 4. The first-order chi connectivity index (χ1) is 6.84. The van der Waals surface area contributed by atoms with Crippen molar-refractivity contribution in [3.05, 3.63) is 35.9 Å². The van der Waals surface area contributed by atoms with Gasteiger partial charge in [-0.05, 0) is 12.1 Å². The van der Waals surface area contributed by atoms with E-state index in [4.69, 9.17) is 9.94 Å². The first kappa shape index (κ1) is 10.2. The van der Waals surface area contributed by atoms with Crippen molar-refractivity contribution in [1.29, 1.82) is 0 Å². The largest absolute Gasteiger partial charge is 0.462 e. The second kappa shape index (κ2) is 5.75. The van der Waals surface area contributed by atoms with Gasteiger partial charge >= 0.3 is 5.97 Å².